The molecule has 1 fully saturated rings. The molecule has 3 amide bonds. The summed E-state index contributed by atoms with van der Waals surface area (Å²) in [6.07, 6.45) is 0.352. The van der Waals surface area contributed by atoms with Crippen LogP contribution in [-0.2, 0) is 16.2 Å². The fourth-order valence-corrected chi connectivity index (χ4v) is 4.61. The van der Waals surface area contributed by atoms with E-state index in [1.54, 1.807) is 34.6 Å². The lowest BCUT2D eigenvalue weighted by molar-refractivity contribution is -0.134. The summed E-state index contributed by atoms with van der Waals surface area (Å²) in [6.45, 7) is 6.53. The van der Waals surface area contributed by atoms with Crippen LogP contribution < -0.4 is 15.5 Å². The third-order valence-corrected chi connectivity index (χ3v) is 6.46. The van der Waals surface area contributed by atoms with Gasteiger partial charge < -0.3 is 15.0 Å². The van der Waals surface area contributed by atoms with Gasteiger partial charge in [0.2, 0.25) is 11.8 Å². The van der Waals surface area contributed by atoms with Crippen molar-refractivity contribution in [2.24, 2.45) is 11.8 Å². The Hall–Kier alpha value is -3.98. The smallest absolute Gasteiger partial charge is 0.251 e. The number of rotatable bonds is 8. The van der Waals surface area contributed by atoms with E-state index >= 15 is 0 Å². The van der Waals surface area contributed by atoms with Gasteiger partial charge in [0.05, 0.1) is 17.5 Å². The molecular formula is C28H32N4O5. The topological polar surface area (TPSA) is 121 Å². The van der Waals surface area contributed by atoms with E-state index in [0.29, 0.717) is 24.3 Å². The lowest BCUT2D eigenvalue weighted by Crippen LogP contribution is -2.45. The van der Waals surface area contributed by atoms with Crippen LogP contribution in [0.5, 0.6) is 5.75 Å². The van der Waals surface area contributed by atoms with Gasteiger partial charge in [-0.2, -0.15) is 0 Å². The van der Waals surface area contributed by atoms with Gasteiger partial charge in [-0.1, -0.05) is 32.0 Å². The second kappa shape index (κ2) is 11.4. The first-order valence-electron chi connectivity index (χ1n) is 12.4. The highest BCUT2D eigenvalue weighted by atomic mass is 16.5. The number of hydrogen-bond acceptors (Lipinski definition) is 6. The van der Waals surface area contributed by atoms with E-state index in [1.165, 1.54) is 0 Å². The molecule has 1 aliphatic heterocycles. The van der Waals surface area contributed by atoms with Gasteiger partial charge in [0.1, 0.15) is 12.4 Å². The number of hydrogen-bond donors (Lipinski definition) is 3. The molecule has 4 rings (SSSR count). The van der Waals surface area contributed by atoms with Crippen molar-refractivity contribution in [1.29, 1.82) is 0 Å². The van der Waals surface area contributed by atoms with Gasteiger partial charge in [-0.3, -0.25) is 24.6 Å². The summed E-state index contributed by atoms with van der Waals surface area (Å²) in [5.41, 5.74) is 4.90. The van der Waals surface area contributed by atoms with Gasteiger partial charge in [-0.25, -0.2) is 5.48 Å². The number of likely N-dealkylation sites (tertiary alicyclic amines) is 1. The van der Waals surface area contributed by atoms with Crippen LogP contribution >= 0.6 is 0 Å². The van der Waals surface area contributed by atoms with Crippen LogP contribution in [0.15, 0.2) is 54.6 Å². The number of amides is 3. The molecule has 0 aliphatic carbocycles. The van der Waals surface area contributed by atoms with Gasteiger partial charge in [0, 0.05) is 41.7 Å². The van der Waals surface area contributed by atoms with Gasteiger partial charge >= 0.3 is 0 Å². The number of ether oxygens (including phenoxy) is 1. The predicted molar refractivity (Wildman–Crippen MR) is 138 cm³/mol. The number of fused-ring (bicyclic) bond motifs is 1. The van der Waals surface area contributed by atoms with Crippen LogP contribution in [0.3, 0.4) is 0 Å². The number of benzene rings is 2. The molecule has 1 saturated heterocycles. The minimum absolute atomic E-state index is 0.0823. The molecule has 194 valence electrons. The van der Waals surface area contributed by atoms with Crippen molar-refractivity contribution >= 4 is 28.6 Å². The highest BCUT2D eigenvalue weighted by Crippen LogP contribution is 2.23. The number of carbonyl (C=O) groups is 3. The lowest BCUT2D eigenvalue weighted by Gasteiger charge is -2.18. The molecule has 37 heavy (non-hydrogen) atoms. The van der Waals surface area contributed by atoms with Crippen molar-refractivity contribution in [3.8, 4) is 5.75 Å². The van der Waals surface area contributed by atoms with Crippen LogP contribution in [0.2, 0.25) is 0 Å². The first-order chi connectivity index (χ1) is 17.7. The third kappa shape index (κ3) is 6.24. The molecule has 9 nitrogen and oxygen atoms in total. The number of carbonyl (C=O) groups excluding carboxylic acids is 3. The maximum atomic E-state index is 12.9. The Morgan fingerprint density at radius 3 is 2.54 bits per heavy atom. The molecule has 0 unspecified atom stereocenters. The van der Waals surface area contributed by atoms with Gasteiger partial charge in [-0.05, 0) is 49.2 Å². The number of nitrogens with zero attached hydrogens (tertiary/aromatic N) is 2. The van der Waals surface area contributed by atoms with E-state index in [2.05, 4.69) is 10.3 Å². The Bertz CT molecular complexity index is 1290. The van der Waals surface area contributed by atoms with Crippen molar-refractivity contribution in [1.82, 2.24) is 20.7 Å². The van der Waals surface area contributed by atoms with Crippen LogP contribution in [-0.4, -0.2) is 51.9 Å². The monoisotopic (exact) mass is 504 g/mol. The fourth-order valence-electron chi connectivity index (χ4n) is 4.61. The van der Waals surface area contributed by atoms with Gasteiger partial charge in [0.25, 0.3) is 5.91 Å². The molecule has 9 heteroatoms. The van der Waals surface area contributed by atoms with Crippen molar-refractivity contribution < 1.29 is 24.3 Å². The summed E-state index contributed by atoms with van der Waals surface area (Å²) < 4.78 is 5.97. The molecule has 1 aliphatic rings. The van der Waals surface area contributed by atoms with E-state index in [0.717, 1.165) is 22.2 Å². The average molecular weight is 505 g/mol. The Morgan fingerprint density at radius 1 is 1.11 bits per heavy atom. The summed E-state index contributed by atoms with van der Waals surface area (Å²) in [6, 6.07) is 16.0. The van der Waals surface area contributed by atoms with Crippen LogP contribution in [0, 0.1) is 18.8 Å². The van der Waals surface area contributed by atoms with Crippen molar-refractivity contribution in [3.63, 3.8) is 0 Å². The summed E-state index contributed by atoms with van der Waals surface area (Å²) in [7, 11) is 0. The average Bonchev–Trinajstić information content (AvgIpc) is 3.30. The van der Waals surface area contributed by atoms with Crippen molar-refractivity contribution in [2.75, 3.05) is 13.1 Å². The first kappa shape index (κ1) is 26.1. The summed E-state index contributed by atoms with van der Waals surface area (Å²) >= 11 is 0. The number of aryl methyl sites for hydroxylation is 1. The molecule has 0 saturated carbocycles. The van der Waals surface area contributed by atoms with Crippen LogP contribution in [0.4, 0.5) is 0 Å². The van der Waals surface area contributed by atoms with E-state index < -0.39 is 17.9 Å². The minimum Gasteiger partial charge on any atom is -0.489 e. The zero-order valence-corrected chi connectivity index (χ0v) is 21.2. The van der Waals surface area contributed by atoms with Crippen LogP contribution in [0.1, 0.15) is 41.9 Å². The second-order valence-corrected chi connectivity index (χ2v) is 9.81. The molecular weight excluding hydrogens is 472 g/mol. The highest BCUT2D eigenvalue weighted by Gasteiger charge is 2.40. The minimum atomic E-state index is -0.744. The Kier molecular flexibility index (Phi) is 8.03. The zero-order valence-electron chi connectivity index (χ0n) is 21.2. The SMILES string of the molecule is Cc1cc(COc2ccc(C(=O)N[C@@H]3CN(C(=O)CC(C)C)C[C@@H]3C(=O)NO)cc2)c2ccccc2n1. The van der Waals surface area contributed by atoms with E-state index in [1.807, 2.05) is 51.1 Å². The second-order valence-electron chi connectivity index (χ2n) is 9.81. The number of pyridine rings is 1. The number of nitrogens with one attached hydrogen (secondary N) is 2. The summed E-state index contributed by atoms with van der Waals surface area (Å²) in [5.74, 6) is -1.05. The lowest BCUT2D eigenvalue weighted by atomic mass is 10.0. The normalized spacial score (nSPS) is 17.2. The molecule has 2 heterocycles. The highest BCUT2D eigenvalue weighted by molar-refractivity contribution is 5.95. The van der Waals surface area contributed by atoms with Gasteiger partial charge in [-0.15, -0.1) is 0 Å². The largest absolute Gasteiger partial charge is 0.489 e. The van der Waals surface area contributed by atoms with Crippen molar-refractivity contribution in [3.05, 3.63) is 71.4 Å². The molecule has 0 radical (unpaired) electrons. The molecule has 3 N–H and O–H groups in total. The quantitative estimate of drug-likeness (QED) is 0.320. The summed E-state index contributed by atoms with van der Waals surface area (Å²) in [5, 5.41) is 13.0. The number of para-hydroxylation sites is 1. The number of aromatic nitrogens is 1. The Balaban J connectivity index is 1.40. The van der Waals surface area contributed by atoms with Crippen molar-refractivity contribution in [2.45, 2.75) is 39.8 Å². The fraction of sp³-hybridized carbons (Fsp3) is 0.357. The third-order valence-electron chi connectivity index (χ3n) is 6.46. The molecule has 0 spiro atoms. The number of hydroxylamine groups is 1. The molecule has 0 bridgehead atoms. The Morgan fingerprint density at radius 2 is 1.84 bits per heavy atom. The zero-order chi connectivity index (χ0) is 26.5. The standard InChI is InChI=1S/C28H32N4O5/c1-17(2)12-26(33)32-14-23(28(35)31-36)25(15-32)30-27(34)19-8-10-21(11-9-19)37-16-20-13-18(3)29-24-7-5-4-6-22(20)24/h4-11,13,17,23,25,36H,12,14-16H2,1-3H3,(H,30,34)(H,31,35)/t23-,25+/m0/s1. The van der Waals surface area contributed by atoms with E-state index in [9.17, 15) is 14.4 Å². The Labute approximate surface area is 215 Å². The maximum Gasteiger partial charge on any atom is 0.251 e. The molecule has 2 aromatic carbocycles. The van der Waals surface area contributed by atoms with E-state index in [4.69, 9.17) is 9.94 Å². The van der Waals surface area contributed by atoms with Gasteiger partial charge in [0.15, 0.2) is 0 Å². The molecule has 3 aromatic rings. The maximum absolute atomic E-state index is 12.9. The molecule has 2 atom stereocenters. The van der Waals surface area contributed by atoms with Crippen LogP contribution in [0.25, 0.3) is 10.9 Å². The van der Waals surface area contributed by atoms with E-state index in [-0.39, 0.29) is 30.8 Å². The molecule has 1 aromatic heterocycles. The summed E-state index contributed by atoms with van der Waals surface area (Å²) in [4.78, 5) is 43.7. The predicted octanol–water partition coefficient (Wildman–Crippen LogP) is 3.23. The first-order valence-corrected chi connectivity index (χ1v) is 12.4.